The zero-order chi connectivity index (χ0) is 31.9. The van der Waals surface area contributed by atoms with Crippen molar-refractivity contribution in [2.24, 2.45) is 29.1 Å². The van der Waals surface area contributed by atoms with Crippen LogP contribution in [0, 0.1) is 29.1 Å². The number of rotatable bonds is 7. The molecule has 0 bridgehead atoms. The van der Waals surface area contributed by atoms with Crippen LogP contribution in [0.4, 0.5) is 13.2 Å². The van der Waals surface area contributed by atoms with Crippen molar-refractivity contribution in [1.29, 1.82) is 0 Å². The largest absolute Gasteiger partial charge is 0.511 e. The number of hydrogen-bond acceptors (Lipinski definition) is 7. The summed E-state index contributed by atoms with van der Waals surface area (Å²) < 4.78 is 44.5. The van der Waals surface area contributed by atoms with Crippen LogP contribution in [0.1, 0.15) is 80.4 Å². The van der Waals surface area contributed by atoms with Gasteiger partial charge in [-0.15, -0.1) is 0 Å². The first-order valence-electron chi connectivity index (χ1n) is 15.2. The maximum atomic E-state index is 14.8. The van der Waals surface area contributed by atoms with Gasteiger partial charge in [-0.1, -0.05) is 13.8 Å². The Balaban J connectivity index is 1.70. The first kappa shape index (κ1) is 31.6. The Morgan fingerprint density at radius 2 is 1.74 bits per heavy atom. The predicted octanol–water partition coefficient (Wildman–Crippen LogP) is 6.21. The zero-order valence-electron chi connectivity index (χ0n) is 26.0. The number of likely N-dealkylation sites (N-methyl/N-ethyl adjacent to an activating group) is 1. The van der Waals surface area contributed by atoms with Gasteiger partial charge < -0.3 is 15.3 Å². The molecule has 1 saturated carbocycles. The fourth-order valence-corrected chi connectivity index (χ4v) is 8.28. The number of allylic oxidation sites excluding steroid dienone is 3. The molecule has 0 heterocycles. The molecule has 1 fully saturated rings. The van der Waals surface area contributed by atoms with Gasteiger partial charge in [0.1, 0.15) is 17.3 Å². The van der Waals surface area contributed by atoms with Crippen molar-refractivity contribution in [2.45, 2.75) is 84.6 Å². The van der Waals surface area contributed by atoms with E-state index in [1.54, 1.807) is 30.9 Å². The van der Waals surface area contributed by atoms with Crippen molar-refractivity contribution in [3.63, 3.8) is 0 Å². The molecule has 43 heavy (non-hydrogen) atoms. The summed E-state index contributed by atoms with van der Waals surface area (Å²) in [5.74, 6) is -2.91. The highest BCUT2D eigenvalue weighted by Crippen LogP contribution is 2.66. The summed E-state index contributed by atoms with van der Waals surface area (Å²) in [4.78, 5) is 30.4. The standard InChI is InChI=1S/C33H43F3N2O5/c1-15(2)16(3)38(7)14-19-12-24(40)26-21(27(19)33(34,35)36)10-18-11-23-28(37(5)6)29(41)22(17(4)39)13-32(23,20-8-9-20)31(43)25(18)30(26)42/h12,15-16,18,20,23,28,40-41,43H,8-11,13-14H2,1-7H3/t16?,18?,23-,28-,32-/m0/s1. The minimum absolute atomic E-state index is 0.0313. The SMILES string of the molecule is CC(=O)C1=C(O)[C@@H](N(C)C)[C@@H]2CC3Cc4c(c(O)cc(CN(C)C(C)C(C)C)c4C(F)(F)F)C(=O)C3=C(O)[C@]2(C2CC2)C1. The van der Waals surface area contributed by atoms with Gasteiger partial charge in [-0.2, -0.15) is 13.2 Å². The van der Waals surface area contributed by atoms with Gasteiger partial charge in [0.05, 0.1) is 17.2 Å². The van der Waals surface area contributed by atoms with Crippen molar-refractivity contribution in [3.05, 3.63) is 51.0 Å². The number of carbonyl (C=O) groups excluding carboxylic acids is 2. The van der Waals surface area contributed by atoms with Crippen LogP contribution in [-0.4, -0.2) is 69.9 Å². The van der Waals surface area contributed by atoms with E-state index < -0.39 is 52.1 Å². The minimum atomic E-state index is -4.78. The zero-order valence-corrected chi connectivity index (χ0v) is 26.0. The van der Waals surface area contributed by atoms with Gasteiger partial charge >= 0.3 is 6.18 Å². The molecule has 4 aliphatic rings. The molecule has 4 aliphatic carbocycles. The number of nitrogens with zero attached hydrogens (tertiary/aromatic N) is 2. The maximum absolute atomic E-state index is 14.8. The van der Waals surface area contributed by atoms with Gasteiger partial charge in [0.15, 0.2) is 11.6 Å². The summed E-state index contributed by atoms with van der Waals surface area (Å²) in [6, 6.07) is 0.373. The van der Waals surface area contributed by atoms with E-state index in [0.29, 0.717) is 0 Å². The van der Waals surface area contributed by atoms with Gasteiger partial charge in [0, 0.05) is 29.1 Å². The van der Waals surface area contributed by atoms with Crippen LogP contribution in [0.15, 0.2) is 28.7 Å². The second-order valence-electron chi connectivity index (χ2n) is 13.8. The molecule has 10 heteroatoms. The van der Waals surface area contributed by atoms with E-state index in [9.17, 15) is 38.1 Å². The van der Waals surface area contributed by atoms with Gasteiger partial charge in [0.25, 0.3) is 0 Å². The molecule has 0 radical (unpaired) electrons. The fourth-order valence-electron chi connectivity index (χ4n) is 8.28. The van der Waals surface area contributed by atoms with E-state index in [0.717, 1.165) is 18.9 Å². The summed E-state index contributed by atoms with van der Waals surface area (Å²) in [6.07, 6.45) is -3.10. The molecular formula is C33H43F3N2O5. The molecule has 1 aromatic carbocycles. The van der Waals surface area contributed by atoms with Crippen LogP contribution in [0.5, 0.6) is 5.75 Å². The van der Waals surface area contributed by atoms with Gasteiger partial charge in [-0.25, -0.2) is 0 Å². The molecule has 0 amide bonds. The number of halogens is 3. The van der Waals surface area contributed by atoms with Gasteiger partial charge in [-0.3, -0.25) is 19.4 Å². The number of fused-ring (bicyclic) bond motifs is 3. The Hall–Kier alpha value is -2.85. The molecule has 5 atom stereocenters. The number of ketones is 2. The van der Waals surface area contributed by atoms with Crippen molar-refractivity contribution < 1.29 is 38.1 Å². The van der Waals surface area contributed by atoms with Crippen LogP contribution >= 0.6 is 0 Å². The molecule has 1 aromatic rings. The van der Waals surface area contributed by atoms with E-state index in [4.69, 9.17) is 0 Å². The first-order chi connectivity index (χ1) is 19.9. The van der Waals surface area contributed by atoms with E-state index in [1.807, 2.05) is 20.8 Å². The Kier molecular flexibility index (Phi) is 7.82. The highest BCUT2D eigenvalue weighted by Gasteiger charge is 2.64. The third-order valence-corrected chi connectivity index (χ3v) is 10.8. The lowest BCUT2D eigenvalue weighted by atomic mass is 9.51. The molecule has 5 rings (SSSR count). The number of benzene rings is 1. The number of aliphatic hydroxyl groups excluding tert-OH is 2. The molecule has 0 aliphatic heterocycles. The molecule has 0 saturated heterocycles. The quantitative estimate of drug-likeness (QED) is 0.341. The first-order valence-corrected chi connectivity index (χ1v) is 15.2. The van der Waals surface area contributed by atoms with E-state index in [-0.39, 0.29) is 83.3 Å². The third kappa shape index (κ3) is 4.89. The van der Waals surface area contributed by atoms with E-state index >= 15 is 0 Å². The van der Waals surface area contributed by atoms with E-state index in [2.05, 4.69) is 0 Å². The van der Waals surface area contributed by atoms with Crippen LogP contribution in [0.2, 0.25) is 0 Å². The summed E-state index contributed by atoms with van der Waals surface area (Å²) in [5.41, 5.74) is -2.38. The number of phenolic OH excluding ortho intramolecular Hbond substituents is 1. The normalized spacial score (nSPS) is 28.4. The average Bonchev–Trinajstić information content (AvgIpc) is 3.72. The molecule has 0 spiro atoms. The van der Waals surface area contributed by atoms with Crippen molar-refractivity contribution in [1.82, 2.24) is 9.80 Å². The van der Waals surface area contributed by atoms with Crippen LogP contribution < -0.4 is 0 Å². The minimum Gasteiger partial charge on any atom is -0.511 e. The van der Waals surface area contributed by atoms with Crippen LogP contribution in [0.3, 0.4) is 0 Å². The van der Waals surface area contributed by atoms with Crippen molar-refractivity contribution in [2.75, 3.05) is 21.1 Å². The average molecular weight is 605 g/mol. The topological polar surface area (TPSA) is 101 Å². The predicted molar refractivity (Wildman–Crippen MR) is 156 cm³/mol. The number of Topliss-reactive ketones (excluding diaryl/α,β-unsaturated/α-hetero) is 2. The van der Waals surface area contributed by atoms with Gasteiger partial charge in [0.2, 0.25) is 0 Å². The Bertz CT molecular complexity index is 1420. The lowest BCUT2D eigenvalue weighted by Crippen LogP contribution is -2.56. The molecular weight excluding hydrogens is 561 g/mol. The Morgan fingerprint density at radius 1 is 1.12 bits per heavy atom. The molecule has 236 valence electrons. The summed E-state index contributed by atoms with van der Waals surface area (Å²) in [7, 11) is 5.27. The van der Waals surface area contributed by atoms with Crippen molar-refractivity contribution >= 4 is 11.6 Å². The lowest BCUT2D eigenvalue weighted by molar-refractivity contribution is -0.139. The molecule has 2 unspecified atom stereocenters. The second-order valence-corrected chi connectivity index (χ2v) is 13.8. The number of alkyl halides is 3. The summed E-state index contributed by atoms with van der Waals surface area (Å²) in [6.45, 7) is 7.20. The molecule has 3 N–H and O–H groups in total. The lowest BCUT2D eigenvalue weighted by Gasteiger charge is -2.54. The Labute approximate surface area is 251 Å². The highest BCUT2D eigenvalue weighted by atomic mass is 19.4. The monoisotopic (exact) mass is 604 g/mol. The summed E-state index contributed by atoms with van der Waals surface area (Å²) >= 11 is 0. The second kappa shape index (κ2) is 10.6. The molecule has 7 nitrogen and oxygen atoms in total. The fraction of sp³-hybridized carbons (Fsp3) is 0.636. The number of aliphatic hydroxyl groups is 2. The van der Waals surface area contributed by atoms with Gasteiger partial charge in [-0.05, 0) is 108 Å². The highest BCUT2D eigenvalue weighted by molar-refractivity contribution is 6.13. The number of hydrogen-bond donors (Lipinski definition) is 3. The van der Waals surface area contributed by atoms with Crippen LogP contribution in [0.25, 0.3) is 0 Å². The molecule has 0 aromatic heterocycles. The summed E-state index contributed by atoms with van der Waals surface area (Å²) in [5, 5.41) is 34.5. The number of phenols is 1. The third-order valence-electron chi connectivity index (χ3n) is 10.8. The number of aromatic hydroxyl groups is 1. The Morgan fingerprint density at radius 3 is 2.26 bits per heavy atom. The number of carbonyl (C=O) groups is 2. The maximum Gasteiger partial charge on any atom is 0.417 e. The van der Waals surface area contributed by atoms with E-state index in [1.165, 1.54) is 6.92 Å². The van der Waals surface area contributed by atoms with Crippen molar-refractivity contribution in [3.8, 4) is 5.75 Å². The smallest absolute Gasteiger partial charge is 0.417 e. The van der Waals surface area contributed by atoms with Crippen LogP contribution in [-0.2, 0) is 23.9 Å².